The molecule has 0 aliphatic carbocycles. The Labute approximate surface area is 129 Å². The molecule has 1 atom stereocenters. The zero-order valence-corrected chi connectivity index (χ0v) is 12.6. The van der Waals surface area contributed by atoms with Gasteiger partial charge in [0.15, 0.2) is 0 Å². The molecule has 21 heavy (non-hydrogen) atoms. The highest BCUT2D eigenvalue weighted by Gasteiger charge is 2.17. The van der Waals surface area contributed by atoms with Crippen LogP contribution in [0.1, 0.15) is 24.3 Å². The summed E-state index contributed by atoms with van der Waals surface area (Å²) in [5, 5.41) is 2.09. The fourth-order valence-electron chi connectivity index (χ4n) is 1.83. The number of carbonyl (C=O) groups is 1. The summed E-state index contributed by atoms with van der Waals surface area (Å²) in [7, 11) is 0. The maximum Gasteiger partial charge on any atom is 0.246 e. The third-order valence-electron chi connectivity index (χ3n) is 2.92. The Hall–Kier alpha value is -2.00. The molecule has 2 rings (SSSR count). The summed E-state index contributed by atoms with van der Waals surface area (Å²) >= 11 is 6.17. The van der Waals surface area contributed by atoms with Crippen LogP contribution in [0.15, 0.2) is 54.6 Å². The van der Waals surface area contributed by atoms with Gasteiger partial charge < -0.3 is 10.1 Å². The molecule has 0 saturated heterocycles. The van der Waals surface area contributed by atoms with Crippen LogP contribution in [0.4, 0.5) is 5.69 Å². The number of hydrogen-bond donors (Lipinski definition) is 1. The predicted octanol–water partition coefficient (Wildman–Crippen LogP) is 4.39. The first-order chi connectivity index (χ1) is 10.2. The van der Waals surface area contributed by atoms with Crippen molar-refractivity contribution in [3.05, 3.63) is 60.2 Å². The molecule has 3 nitrogen and oxygen atoms in total. The first kappa shape index (κ1) is 15.4. The van der Waals surface area contributed by atoms with Crippen LogP contribution in [0.3, 0.4) is 0 Å². The van der Waals surface area contributed by atoms with E-state index in [4.69, 9.17) is 16.3 Å². The number of alkyl halides is 1. The standard InChI is InChI=1S/C17H18ClNO2/c1-2-12-21-15-10-8-14(9-11-15)19-17(20)16(18)13-6-4-3-5-7-13/h3-11,16H,2,12H2,1H3,(H,19,20). The van der Waals surface area contributed by atoms with Gasteiger partial charge in [0.2, 0.25) is 5.91 Å². The predicted molar refractivity (Wildman–Crippen MR) is 85.9 cm³/mol. The summed E-state index contributed by atoms with van der Waals surface area (Å²) in [5.74, 6) is 0.547. The lowest BCUT2D eigenvalue weighted by Gasteiger charge is -2.11. The van der Waals surface area contributed by atoms with Crippen molar-refractivity contribution in [2.24, 2.45) is 0 Å². The number of nitrogens with one attached hydrogen (secondary N) is 1. The van der Waals surface area contributed by atoms with Crippen LogP contribution in [0.25, 0.3) is 0 Å². The fourth-order valence-corrected chi connectivity index (χ4v) is 2.03. The summed E-state index contributed by atoms with van der Waals surface area (Å²) < 4.78 is 5.49. The van der Waals surface area contributed by atoms with Crippen molar-refractivity contribution < 1.29 is 9.53 Å². The van der Waals surface area contributed by atoms with Crippen LogP contribution in [0.5, 0.6) is 5.75 Å². The lowest BCUT2D eigenvalue weighted by Crippen LogP contribution is -2.17. The van der Waals surface area contributed by atoms with Crippen molar-refractivity contribution in [3.8, 4) is 5.75 Å². The van der Waals surface area contributed by atoms with Crippen LogP contribution in [-0.2, 0) is 4.79 Å². The van der Waals surface area contributed by atoms with Crippen LogP contribution >= 0.6 is 11.6 Å². The van der Waals surface area contributed by atoms with Crippen molar-refractivity contribution >= 4 is 23.2 Å². The summed E-state index contributed by atoms with van der Waals surface area (Å²) in [4.78, 5) is 12.1. The number of amides is 1. The molecule has 4 heteroatoms. The zero-order valence-electron chi connectivity index (χ0n) is 11.9. The van der Waals surface area contributed by atoms with Gasteiger partial charge in [-0.15, -0.1) is 11.6 Å². The maximum atomic E-state index is 12.1. The zero-order chi connectivity index (χ0) is 15.1. The molecule has 0 bridgehead atoms. The largest absolute Gasteiger partial charge is 0.494 e. The highest BCUT2D eigenvalue weighted by atomic mass is 35.5. The van der Waals surface area contributed by atoms with Crippen molar-refractivity contribution in [3.63, 3.8) is 0 Å². The molecular weight excluding hydrogens is 286 g/mol. The molecule has 1 N–H and O–H groups in total. The van der Waals surface area contributed by atoms with Crippen LogP contribution < -0.4 is 10.1 Å². The molecule has 0 aliphatic rings. The molecule has 1 unspecified atom stereocenters. The van der Waals surface area contributed by atoms with Crippen molar-refractivity contribution in [1.29, 1.82) is 0 Å². The molecule has 0 fully saturated rings. The van der Waals surface area contributed by atoms with E-state index < -0.39 is 5.38 Å². The van der Waals surface area contributed by atoms with Gasteiger partial charge in [0, 0.05) is 5.69 Å². The van der Waals surface area contributed by atoms with E-state index in [1.807, 2.05) is 42.5 Å². The van der Waals surface area contributed by atoms with Gasteiger partial charge >= 0.3 is 0 Å². The second-order valence-corrected chi connectivity index (χ2v) is 5.07. The Morgan fingerprint density at radius 3 is 2.43 bits per heavy atom. The molecule has 0 radical (unpaired) electrons. The number of carbonyl (C=O) groups excluding carboxylic acids is 1. The van der Waals surface area contributed by atoms with E-state index in [9.17, 15) is 4.79 Å². The van der Waals surface area contributed by atoms with E-state index in [0.717, 1.165) is 17.7 Å². The van der Waals surface area contributed by atoms with Gasteiger partial charge in [0.1, 0.15) is 11.1 Å². The third kappa shape index (κ3) is 4.50. The van der Waals surface area contributed by atoms with Crippen LogP contribution in [-0.4, -0.2) is 12.5 Å². The first-order valence-corrected chi connectivity index (χ1v) is 7.37. The highest BCUT2D eigenvalue weighted by Crippen LogP contribution is 2.23. The minimum Gasteiger partial charge on any atom is -0.494 e. The topological polar surface area (TPSA) is 38.3 Å². The first-order valence-electron chi connectivity index (χ1n) is 6.93. The average molecular weight is 304 g/mol. The van der Waals surface area contributed by atoms with Crippen LogP contribution in [0.2, 0.25) is 0 Å². The minimum absolute atomic E-state index is 0.245. The number of hydrogen-bond acceptors (Lipinski definition) is 2. The van der Waals surface area contributed by atoms with E-state index in [1.165, 1.54) is 0 Å². The number of anilines is 1. The Balaban J connectivity index is 1.96. The fraction of sp³-hybridized carbons (Fsp3) is 0.235. The molecular formula is C17H18ClNO2. The van der Waals surface area contributed by atoms with Gasteiger partial charge in [-0.05, 0) is 36.2 Å². The second-order valence-electron chi connectivity index (χ2n) is 4.64. The monoisotopic (exact) mass is 303 g/mol. The van der Waals surface area contributed by atoms with Crippen molar-refractivity contribution in [2.45, 2.75) is 18.7 Å². The summed E-state index contributed by atoms with van der Waals surface area (Å²) in [6.07, 6.45) is 0.962. The Bertz CT molecular complexity index is 569. The smallest absolute Gasteiger partial charge is 0.246 e. The van der Waals surface area contributed by atoms with Gasteiger partial charge in [-0.1, -0.05) is 37.3 Å². The number of halogens is 1. The van der Waals surface area contributed by atoms with Gasteiger partial charge in [-0.3, -0.25) is 4.79 Å². The van der Waals surface area contributed by atoms with Gasteiger partial charge in [0.05, 0.1) is 6.61 Å². The van der Waals surface area contributed by atoms with Crippen molar-refractivity contribution in [2.75, 3.05) is 11.9 Å². The molecule has 2 aromatic rings. The number of rotatable bonds is 6. The summed E-state index contributed by atoms with van der Waals surface area (Å²) in [6, 6.07) is 16.5. The quantitative estimate of drug-likeness (QED) is 0.804. The molecule has 0 aliphatic heterocycles. The number of ether oxygens (including phenoxy) is 1. The van der Waals surface area contributed by atoms with E-state index in [-0.39, 0.29) is 5.91 Å². The molecule has 0 saturated carbocycles. The lowest BCUT2D eigenvalue weighted by molar-refractivity contribution is -0.116. The Morgan fingerprint density at radius 2 is 1.81 bits per heavy atom. The molecule has 0 heterocycles. The van der Waals surface area contributed by atoms with Gasteiger partial charge in [-0.25, -0.2) is 0 Å². The minimum atomic E-state index is -0.706. The lowest BCUT2D eigenvalue weighted by atomic mass is 10.1. The van der Waals surface area contributed by atoms with Crippen molar-refractivity contribution in [1.82, 2.24) is 0 Å². The Morgan fingerprint density at radius 1 is 1.14 bits per heavy atom. The second kappa shape index (κ2) is 7.70. The van der Waals surface area contributed by atoms with Gasteiger partial charge in [0.25, 0.3) is 0 Å². The number of benzene rings is 2. The van der Waals surface area contributed by atoms with Gasteiger partial charge in [-0.2, -0.15) is 0 Å². The SMILES string of the molecule is CCCOc1ccc(NC(=O)C(Cl)c2ccccc2)cc1. The molecule has 110 valence electrons. The molecule has 0 aromatic heterocycles. The molecule has 0 spiro atoms. The molecule has 1 amide bonds. The average Bonchev–Trinajstić information content (AvgIpc) is 2.54. The normalized spacial score (nSPS) is 11.7. The van der Waals surface area contributed by atoms with E-state index in [1.54, 1.807) is 12.1 Å². The van der Waals surface area contributed by atoms with E-state index in [2.05, 4.69) is 12.2 Å². The maximum absolute atomic E-state index is 12.1. The summed E-state index contributed by atoms with van der Waals surface area (Å²) in [5.41, 5.74) is 1.48. The molecule has 2 aromatic carbocycles. The van der Waals surface area contributed by atoms with E-state index >= 15 is 0 Å². The summed E-state index contributed by atoms with van der Waals surface area (Å²) in [6.45, 7) is 2.74. The van der Waals surface area contributed by atoms with E-state index in [0.29, 0.717) is 12.3 Å². The van der Waals surface area contributed by atoms with Crippen LogP contribution in [0, 0.1) is 0 Å². The Kier molecular flexibility index (Phi) is 5.64. The highest BCUT2D eigenvalue weighted by molar-refractivity contribution is 6.32. The third-order valence-corrected chi connectivity index (χ3v) is 3.37.